The van der Waals surface area contributed by atoms with Gasteiger partial charge >= 0.3 is 0 Å². The number of hydrogen-bond donors (Lipinski definition) is 0. The number of rotatable bonds is 9. The van der Waals surface area contributed by atoms with Crippen molar-refractivity contribution >= 4 is 38.7 Å². The number of nitrogens with zero attached hydrogens (tertiary/aromatic N) is 4. The van der Waals surface area contributed by atoms with Crippen molar-refractivity contribution in [3.05, 3.63) is 18.2 Å². The van der Waals surface area contributed by atoms with Crippen LogP contribution in [0.4, 0.5) is 0 Å². The molecule has 1 aliphatic carbocycles. The van der Waals surface area contributed by atoms with Gasteiger partial charge in [0, 0.05) is 32.7 Å². The van der Waals surface area contributed by atoms with Crippen LogP contribution in [0.5, 0.6) is 0 Å². The molecule has 1 atom stereocenters. The Balaban J connectivity index is 1.86. The summed E-state index contributed by atoms with van der Waals surface area (Å²) in [5, 5.41) is 0.487. The van der Waals surface area contributed by atoms with Gasteiger partial charge in [-0.1, -0.05) is 44.9 Å². The van der Waals surface area contributed by atoms with Crippen LogP contribution in [0.3, 0.4) is 0 Å². The second-order valence-electron chi connectivity index (χ2n) is 8.38. The lowest BCUT2D eigenvalue weighted by Gasteiger charge is -2.32. The standard InChI is InChI=1S/C23H36N4O3S2/c1-6-26(7-2)32(29,30)19-14-15-21-20(16-19)24-23(27(21)8-3)31-17(4)22(28)25(5)18-12-10-9-11-13-18/h14-18H,6-13H2,1-5H3. The quantitative estimate of drug-likeness (QED) is 0.499. The Hall–Kier alpha value is -1.58. The van der Waals surface area contributed by atoms with E-state index >= 15 is 0 Å². The first kappa shape index (κ1) is 25.1. The van der Waals surface area contributed by atoms with E-state index in [-0.39, 0.29) is 16.1 Å². The highest BCUT2D eigenvalue weighted by atomic mass is 32.2. The first-order valence-corrected chi connectivity index (χ1v) is 14.0. The van der Waals surface area contributed by atoms with E-state index in [0.717, 1.165) is 23.5 Å². The number of thioether (sulfide) groups is 1. The van der Waals surface area contributed by atoms with Gasteiger partial charge in [0.2, 0.25) is 15.9 Å². The van der Waals surface area contributed by atoms with E-state index < -0.39 is 10.0 Å². The molecule has 7 nitrogen and oxygen atoms in total. The number of imidazole rings is 1. The van der Waals surface area contributed by atoms with Crippen LogP contribution in [0.2, 0.25) is 0 Å². The molecule has 1 aromatic heterocycles. The van der Waals surface area contributed by atoms with Gasteiger partial charge in [-0.2, -0.15) is 4.31 Å². The van der Waals surface area contributed by atoms with E-state index in [9.17, 15) is 13.2 Å². The van der Waals surface area contributed by atoms with Gasteiger partial charge in [-0.25, -0.2) is 13.4 Å². The van der Waals surface area contributed by atoms with Crippen LogP contribution in [0, 0.1) is 0 Å². The number of aromatic nitrogens is 2. The fraction of sp³-hybridized carbons (Fsp3) is 0.652. The molecule has 0 spiro atoms. The van der Waals surface area contributed by atoms with Gasteiger partial charge in [-0.05, 0) is 44.9 Å². The monoisotopic (exact) mass is 480 g/mol. The number of aryl methyl sites for hydroxylation is 1. The van der Waals surface area contributed by atoms with Gasteiger partial charge in [0.1, 0.15) is 0 Å². The Morgan fingerprint density at radius 3 is 2.44 bits per heavy atom. The third kappa shape index (κ3) is 4.99. The average molecular weight is 481 g/mol. The summed E-state index contributed by atoms with van der Waals surface area (Å²) in [6.45, 7) is 9.19. The number of carbonyl (C=O) groups excluding carboxylic acids is 1. The first-order chi connectivity index (χ1) is 15.2. The van der Waals surface area contributed by atoms with Gasteiger partial charge in [0.25, 0.3) is 0 Å². The molecule has 0 bridgehead atoms. The van der Waals surface area contributed by atoms with Gasteiger partial charge in [-0.15, -0.1) is 0 Å². The molecule has 1 saturated carbocycles. The highest BCUT2D eigenvalue weighted by Crippen LogP contribution is 2.31. The molecule has 0 radical (unpaired) electrons. The first-order valence-electron chi connectivity index (χ1n) is 11.7. The maximum atomic E-state index is 13.1. The van der Waals surface area contributed by atoms with Crippen LogP contribution < -0.4 is 0 Å². The molecular weight excluding hydrogens is 444 g/mol. The van der Waals surface area contributed by atoms with Gasteiger partial charge in [0.15, 0.2) is 5.16 Å². The number of hydrogen-bond acceptors (Lipinski definition) is 5. The van der Waals surface area contributed by atoms with Gasteiger partial charge in [-0.3, -0.25) is 4.79 Å². The molecule has 1 fully saturated rings. The lowest BCUT2D eigenvalue weighted by molar-refractivity contribution is -0.131. The molecule has 3 rings (SSSR count). The third-order valence-corrected chi connectivity index (χ3v) is 9.57. The molecule has 9 heteroatoms. The number of sulfonamides is 1. The smallest absolute Gasteiger partial charge is 0.243 e. The van der Waals surface area contributed by atoms with Crippen LogP contribution in [0.25, 0.3) is 11.0 Å². The maximum Gasteiger partial charge on any atom is 0.243 e. The Morgan fingerprint density at radius 2 is 1.84 bits per heavy atom. The zero-order chi connectivity index (χ0) is 23.5. The topological polar surface area (TPSA) is 75.5 Å². The maximum absolute atomic E-state index is 13.1. The van der Waals surface area contributed by atoms with Crippen molar-refractivity contribution in [3.63, 3.8) is 0 Å². The van der Waals surface area contributed by atoms with Crippen LogP contribution in [-0.2, 0) is 21.4 Å². The molecule has 1 amide bonds. The van der Waals surface area contributed by atoms with E-state index in [0.29, 0.717) is 31.2 Å². The molecule has 1 unspecified atom stereocenters. The SMILES string of the molecule is CCN(CC)S(=O)(=O)c1ccc2c(c1)nc(SC(C)C(=O)N(C)C1CCCCC1)n2CC. The number of fused-ring (bicyclic) bond motifs is 1. The second kappa shape index (κ2) is 10.6. The fourth-order valence-electron chi connectivity index (χ4n) is 4.50. The van der Waals surface area contributed by atoms with Crippen molar-refractivity contribution in [3.8, 4) is 0 Å². The van der Waals surface area contributed by atoms with Crippen LogP contribution in [-0.4, -0.2) is 64.5 Å². The summed E-state index contributed by atoms with van der Waals surface area (Å²) < 4.78 is 29.4. The van der Waals surface area contributed by atoms with E-state index in [2.05, 4.69) is 4.57 Å². The van der Waals surface area contributed by atoms with Crippen molar-refractivity contribution in [1.29, 1.82) is 0 Å². The minimum absolute atomic E-state index is 0.126. The van der Waals surface area contributed by atoms with Gasteiger partial charge < -0.3 is 9.47 Å². The molecular formula is C23H36N4O3S2. The molecule has 1 aliphatic rings. The summed E-state index contributed by atoms with van der Waals surface area (Å²) in [4.78, 5) is 20.0. The molecule has 1 heterocycles. The second-order valence-corrected chi connectivity index (χ2v) is 11.6. The van der Waals surface area contributed by atoms with E-state index in [1.165, 1.54) is 35.3 Å². The van der Waals surface area contributed by atoms with Crippen molar-refractivity contribution in [2.24, 2.45) is 0 Å². The predicted molar refractivity (Wildman–Crippen MR) is 130 cm³/mol. The molecule has 2 aromatic rings. The highest BCUT2D eigenvalue weighted by Gasteiger charge is 2.28. The minimum Gasteiger partial charge on any atom is -0.342 e. The molecule has 1 aromatic carbocycles. The highest BCUT2D eigenvalue weighted by molar-refractivity contribution is 8.00. The van der Waals surface area contributed by atoms with Crippen LogP contribution >= 0.6 is 11.8 Å². The number of amides is 1. The van der Waals surface area contributed by atoms with Crippen molar-refractivity contribution in [1.82, 2.24) is 18.8 Å². The molecule has 0 aliphatic heterocycles. The van der Waals surface area contributed by atoms with Gasteiger partial charge in [0.05, 0.1) is 21.2 Å². The summed E-state index contributed by atoms with van der Waals surface area (Å²) in [5.41, 5.74) is 1.52. The average Bonchev–Trinajstić information content (AvgIpc) is 3.15. The van der Waals surface area contributed by atoms with Crippen molar-refractivity contribution < 1.29 is 13.2 Å². The molecule has 0 saturated heterocycles. The Bertz CT molecular complexity index is 1040. The Labute approximate surface area is 196 Å². The Kier molecular flexibility index (Phi) is 8.27. The van der Waals surface area contributed by atoms with Crippen molar-refractivity contribution in [2.75, 3.05) is 20.1 Å². The fourth-order valence-corrected chi connectivity index (χ4v) is 7.07. The molecule has 178 valence electrons. The zero-order valence-corrected chi connectivity index (χ0v) is 21.5. The number of benzene rings is 1. The third-order valence-electron chi connectivity index (χ3n) is 6.44. The normalized spacial score (nSPS) is 16.6. The summed E-state index contributed by atoms with van der Waals surface area (Å²) in [6, 6.07) is 5.47. The lowest BCUT2D eigenvalue weighted by atomic mass is 9.94. The number of carbonyl (C=O) groups is 1. The zero-order valence-electron chi connectivity index (χ0n) is 19.9. The lowest BCUT2D eigenvalue weighted by Crippen LogP contribution is -2.42. The van der Waals surface area contributed by atoms with Crippen molar-refractivity contribution in [2.45, 2.75) is 87.7 Å². The molecule has 32 heavy (non-hydrogen) atoms. The van der Waals surface area contributed by atoms with E-state index in [1.54, 1.807) is 12.1 Å². The predicted octanol–water partition coefficient (Wildman–Crippen LogP) is 4.36. The Morgan fingerprint density at radius 1 is 1.19 bits per heavy atom. The summed E-state index contributed by atoms with van der Waals surface area (Å²) in [6.07, 6.45) is 5.80. The largest absolute Gasteiger partial charge is 0.342 e. The summed E-state index contributed by atoms with van der Waals surface area (Å²) >= 11 is 1.45. The summed E-state index contributed by atoms with van der Waals surface area (Å²) in [5.74, 6) is 0.126. The minimum atomic E-state index is -3.55. The van der Waals surface area contributed by atoms with Crippen LogP contribution in [0.15, 0.2) is 28.3 Å². The van der Waals surface area contributed by atoms with E-state index in [4.69, 9.17) is 4.98 Å². The molecule has 0 N–H and O–H groups in total. The summed E-state index contributed by atoms with van der Waals surface area (Å²) in [7, 11) is -1.63. The van der Waals surface area contributed by atoms with Crippen LogP contribution in [0.1, 0.15) is 59.8 Å². The van der Waals surface area contributed by atoms with E-state index in [1.807, 2.05) is 45.7 Å².